The molecular formula is C11H18N4O5S. The number of unbranched alkanes of at least 4 members (excludes halogenated alkanes) is 1. The molecule has 0 aliphatic carbocycles. The SMILES string of the molecule is CCCCN(CC(N)=O)S(=O)(=O)c1cnn(CC(=O)O)c1. The van der Waals surface area contributed by atoms with Gasteiger partial charge in [-0.2, -0.15) is 9.40 Å². The predicted octanol–water partition coefficient (Wildman–Crippen LogP) is -0.756. The fourth-order valence-corrected chi connectivity index (χ4v) is 3.04. The molecule has 21 heavy (non-hydrogen) atoms. The standard InChI is InChI=1S/C11H18N4O5S/c1-2-3-4-15(7-10(12)16)21(19,20)9-5-13-14(6-9)8-11(17)18/h5-6H,2-4,7-8H2,1H3,(H2,12,16)(H,17,18). The number of hydrogen-bond acceptors (Lipinski definition) is 5. The molecule has 0 saturated heterocycles. The largest absolute Gasteiger partial charge is 0.480 e. The molecule has 0 spiro atoms. The van der Waals surface area contributed by atoms with Gasteiger partial charge >= 0.3 is 5.97 Å². The Morgan fingerprint density at radius 1 is 1.48 bits per heavy atom. The van der Waals surface area contributed by atoms with Crippen LogP contribution in [-0.4, -0.2) is 52.6 Å². The first-order chi connectivity index (χ1) is 9.77. The zero-order chi connectivity index (χ0) is 16.0. The summed E-state index contributed by atoms with van der Waals surface area (Å²) in [5, 5.41) is 12.3. The molecule has 9 nitrogen and oxygen atoms in total. The van der Waals surface area contributed by atoms with E-state index in [1.165, 1.54) is 0 Å². The van der Waals surface area contributed by atoms with Crippen LogP contribution < -0.4 is 5.73 Å². The number of amides is 1. The van der Waals surface area contributed by atoms with Crippen molar-refractivity contribution in [1.82, 2.24) is 14.1 Å². The molecule has 1 heterocycles. The summed E-state index contributed by atoms with van der Waals surface area (Å²) in [6.45, 7) is 1.18. The number of rotatable bonds is 9. The third kappa shape index (κ3) is 4.83. The molecule has 1 aromatic rings. The highest BCUT2D eigenvalue weighted by Crippen LogP contribution is 2.15. The Morgan fingerprint density at radius 2 is 2.14 bits per heavy atom. The van der Waals surface area contributed by atoms with Crippen LogP contribution in [-0.2, 0) is 26.2 Å². The quantitative estimate of drug-likeness (QED) is 0.614. The molecule has 1 aromatic heterocycles. The summed E-state index contributed by atoms with van der Waals surface area (Å²) in [6, 6.07) is 0. The second-order valence-corrected chi connectivity index (χ2v) is 6.36. The van der Waals surface area contributed by atoms with Crippen LogP contribution in [0.3, 0.4) is 0 Å². The minimum atomic E-state index is -3.93. The van der Waals surface area contributed by atoms with E-state index in [1.54, 1.807) is 0 Å². The Morgan fingerprint density at radius 3 is 2.67 bits per heavy atom. The summed E-state index contributed by atoms with van der Waals surface area (Å²) in [5.74, 6) is -1.89. The lowest BCUT2D eigenvalue weighted by Crippen LogP contribution is -2.38. The maximum absolute atomic E-state index is 12.4. The molecule has 3 N–H and O–H groups in total. The highest BCUT2D eigenvalue weighted by Gasteiger charge is 2.27. The number of nitrogens with two attached hydrogens (primary N) is 1. The van der Waals surface area contributed by atoms with E-state index < -0.39 is 35.0 Å². The van der Waals surface area contributed by atoms with Gasteiger partial charge in [-0.05, 0) is 6.42 Å². The number of carbonyl (C=O) groups excluding carboxylic acids is 1. The predicted molar refractivity (Wildman–Crippen MR) is 72.7 cm³/mol. The number of carboxylic acid groups (broad SMARTS) is 1. The number of carbonyl (C=O) groups is 2. The zero-order valence-corrected chi connectivity index (χ0v) is 12.4. The summed E-state index contributed by atoms with van der Waals surface area (Å²) < 4.78 is 26.8. The third-order valence-corrected chi connectivity index (χ3v) is 4.44. The van der Waals surface area contributed by atoms with E-state index in [2.05, 4.69) is 5.10 Å². The van der Waals surface area contributed by atoms with Crippen molar-refractivity contribution in [3.8, 4) is 0 Å². The van der Waals surface area contributed by atoms with Crippen LogP contribution in [0.5, 0.6) is 0 Å². The fraction of sp³-hybridized carbons (Fsp3) is 0.545. The molecule has 0 aromatic carbocycles. The minimum Gasteiger partial charge on any atom is -0.480 e. The van der Waals surface area contributed by atoms with Crippen molar-refractivity contribution in [3.05, 3.63) is 12.4 Å². The van der Waals surface area contributed by atoms with Crippen molar-refractivity contribution in [1.29, 1.82) is 0 Å². The van der Waals surface area contributed by atoms with E-state index in [0.717, 1.165) is 27.8 Å². The Balaban J connectivity index is 3.00. The number of aliphatic carboxylic acids is 1. The van der Waals surface area contributed by atoms with Crippen LogP contribution in [0.2, 0.25) is 0 Å². The monoisotopic (exact) mass is 318 g/mol. The van der Waals surface area contributed by atoms with Gasteiger partial charge in [0.15, 0.2) is 0 Å². The van der Waals surface area contributed by atoms with E-state index in [9.17, 15) is 18.0 Å². The van der Waals surface area contributed by atoms with Crippen LogP contribution in [0.15, 0.2) is 17.3 Å². The van der Waals surface area contributed by atoms with Crippen LogP contribution >= 0.6 is 0 Å². The van der Waals surface area contributed by atoms with Gasteiger partial charge in [0.05, 0.1) is 12.7 Å². The maximum Gasteiger partial charge on any atom is 0.325 e. The van der Waals surface area contributed by atoms with E-state index >= 15 is 0 Å². The second-order valence-electron chi connectivity index (χ2n) is 4.43. The highest BCUT2D eigenvalue weighted by atomic mass is 32.2. The average Bonchev–Trinajstić information content (AvgIpc) is 2.82. The van der Waals surface area contributed by atoms with Crippen LogP contribution in [0, 0.1) is 0 Å². The van der Waals surface area contributed by atoms with Gasteiger partial charge in [0.25, 0.3) is 0 Å². The summed E-state index contributed by atoms with van der Waals surface area (Å²) in [6.07, 6.45) is 3.50. The zero-order valence-electron chi connectivity index (χ0n) is 11.6. The molecule has 1 rings (SSSR count). The Labute approximate surface area is 122 Å². The van der Waals surface area contributed by atoms with Gasteiger partial charge in [0, 0.05) is 12.7 Å². The molecule has 0 atom stereocenters. The maximum atomic E-state index is 12.4. The second kappa shape index (κ2) is 7.18. The number of nitrogens with zero attached hydrogens (tertiary/aromatic N) is 3. The van der Waals surface area contributed by atoms with Gasteiger partial charge < -0.3 is 10.8 Å². The van der Waals surface area contributed by atoms with E-state index in [0.29, 0.717) is 6.42 Å². The minimum absolute atomic E-state index is 0.159. The first kappa shape index (κ1) is 17.1. The lowest BCUT2D eigenvalue weighted by Gasteiger charge is -2.19. The Kier molecular flexibility index (Phi) is 5.85. The van der Waals surface area contributed by atoms with Crippen molar-refractivity contribution < 1.29 is 23.1 Å². The lowest BCUT2D eigenvalue weighted by molar-refractivity contribution is -0.137. The van der Waals surface area contributed by atoms with Gasteiger partial charge in [0.1, 0.15) is 11.4 Å². The van der Waals surface area contributed by atoms with Gasteiger partial charge in [-0.3, -0.25) is 14.3 Å². The third-order valence-electron chi connectivity index (χ3n) is 2.64. The molecular weight excluding hydrogens is 300 g/mol. The summed E-state index contributed by atoms with van der Waals surface area (Å²) >= 11 is 0. The van der Waals surface area contributed by atoms with Crippen LogP contribution in [0.25, 0.3) is 0 Å². The smallest absolute Gasteiger partial charge is 0.325 e. The fourth-order valence-electron chi connectivity index (χ4n) is 1.64. The first-order valence-electron chi connectivity index (χ1n) is 6.30. The molecule has 118 valence electrons. The topological polar surface area (TPSA) is 136 Å². The average molecular weight is 318 g/mol. The molecule has 0 radical (unpaired) electrons. The molecule has 0 fully saturated rings. The normalized spacial score (nSPS) is 11.7. The van der Waals surface area contributed by atoms with Gasteiger partial charge in [-0.15, -0.1) is 0 Å². The molecule has 10 heteroatoms. The number of primary amides is 1. The molecule has 0 bridgehead atoms. The highest BCUT2D eigenvalue weighted by molar-refractivity contribution is 7.89. The number of sulfonamides is 1. The lowest BCUT2D eigenvalue weighted by atomic mass is 10.3. The molecule has 0 aliphatic rings. The first-order valence-corrected chi connectivity index (χ1v) is 7.74. The summed E-state index contributed by atoms with van der Waals surface area (Å²) in [4.78, 5) is 21.4. The molecule has 0 saturated carbocycles. The van der Waals surface area contributed by atoms with E-state index in [4.69, 9.17) is 10.8 Å². The van der Waals surface area contributed by atoms with Gasteiger partial charge in [-0.25, -0.2) is 8.42 Å². The number of aromatic nitrogens is 2. The van der Waals surface area contributed by atoms with Crippen molar-refractivity contribution in [2.45, 2.75) is 31.2 Å². The van der Waals surface area contributed by atoms with Gasteiger partial charge in [-0.1, -0.05) is 13.3 Å². The van der Waals surface area contributed by atoms with Crippen molar-refractivity contribution >= 4 is 21.9 Å². The van der Waals surface area contributed by atoms with Gasteiger partial charge in [0.2, 0.25) is 15.9 Å². The Bertz CT molecular complexity index is 610. The summed E-state index contributed by atoms with van der Waals surface area (Å²) in [5.41, 5.74) is 5.07. The number of carboxylic acids is 1. The summed E-state index contributed by atoms with van der Waals surface area (Å²) in [7, 11) is -3.93. The molecule has 0 aliphatic heterocycles. The van der Waals surface area contributed by atoms with E-state index in [-0.39, 0.29) is 11.4 Å². The Hall–Kier alpha value is -1.94. The number of hydrogen-bond donors (Lipinski definition) is 2. The van der Waals surface area contributed by atoms with E-state index in [1.807, 2.05) is 6.92 Å². The molecule has 1 amide bonds. The van der Waals surface area contributed by atoms with Crippen LogP contribution in [0.1, 0.15) is 19.8 Å². The van der Waals surface area contributed by atoms with Crippen molar-refractivity contribution in [2.24, 2.45) is 5.73 Å². The van der Waals surface area contributed by atoms with Crippen molar-refractivity contribution in [3.63, 3.8) is 0 Å². The molecule has 0 unspecified atom stereocenters. The van der Waals surface area contributed by atoms with Crippen LogP contribution in [0.4, 0.5) is 0 Å². The van der Waals surface area contributed by atoms with Crippen molar-refractivity contribution in [2.75, 3.05) is 13.1 Å².